The van der Waals surface area contributed by atoms with Crippen molar-refractivity contribution >= 4 is 64.5 Å². The molecule has 1 aliphatic heterocycles. The monoisotopic (exact) mass is 392 g/mol. The summed E-state index contributed by atoms with van der Waals surface area (Å²) in [4.78, 5) is 5.80. The minimum absolute atomic E-state index is 0. The largest absolute Gasteiger partial charge is 0.370 e. The number of nitrogens with one attached hydrogen (secondary N) is 1. The number of benzene rings is 1. The zero-order valence-corrected chi connectivity index (χ0v) is 15.6. The first-order chi connectivity index (χ1) is 10.2. The van der Waals surface area contributed by atoms with Gasteiger partial charge >= 0.3 is 0 Å². The summed E-state index contributed by atoms with van der Waals surface area (Å²) in [7, 11) is 0. The van der Waals surface area contributed by atoms with E-state index in [-0.39, 0.29) is 12.4 Å². The van der Waals surface area contributed by atoms with Gasteiger partial charge in [-0.3, -0.25) is 4.99 Å². The van der Waals surface area contributed by atoms with Gasteiger partial charge in [-0.2, -0.15) is 0 Å². The normalized spacial score (nSPS) is 14.0. The molecule has 0 fully saturated rings. The Morgan fingerprint density at radius 1 is 1.27 bits per heavy atom. The predicted molar refractivity (Wildman–Crippen MR) is 102 cm³/mol. The van der Waals surface area contributed by atoms with Crippen molar-refractivity contribution in [2.75, 3.05) is 13.1 Å². The Morgan fingerprint density at radius 3 is 2.77 bits per heavy atom. The third-order valence-corrected chi connectivity index (χ3v) is 5.84. The lowest BCUT2D eigenvalue weighted by atomic mass is 10.2. The van der Waals surface area contributed by atoms with E-state index in [9.17, 15) is 0 Å². The van der Waals surface area contributed by atoms with Crippen molar-refractivity contribution < 1.29 is 0 Å². The number of halogens is 3. The van der Waals surface area contributed by atoms with Gasteiger partial charge in [-0.15, -0.1) is 35.5 Å². The van der Waals surface area contributed by atoms with E-state index >= 15 is 0 Å². The van der Waals surface area contributed by atoms with Gasteiger partial charge in [0.15, 0.2) is 0 Å². The van der Waals surface area contributed by atoms with Crippen LogP contribution < -0.4 is 5.32 Å². The van der Waals surface area contributed by atoms with E-state index in [1.165, 1.54) is 21.8 Å². The van der Waals surface area contributed by atoms with Crippen molar-refractivity contribution in [1.29, 1.82) is 0 Å². The third kappa shape index (κ3) is 4.33. The van der Waals surface area contributed by atoms with E-state index in [0.717, 1.165) is 45.3 Å². The van der Waals surface area contributed by atoms with E-state index < -0.39 is 0 Å². The van der Waals surface area contributed by atoms with Crippen LogP contribution in [0.5, 0.6) is 0 Å². The van der Waals surface area contributed by atoms with Crippen molar-refractivity contribution in [3.05, 3.63) is 50.1 Å². The molecule has 1 aliphatic rings. The minimum Gasteiger partial charge on any atom is -0.370 e. The predicted octanol–water partition coefficient (Wildman–Crippen LogP) is 5.51. The van der Waals surface area contributed by atoms with E-state index in [1.807, 2.05) is 12.1 Å². The minimum atomic E-state index is 0. The van der Waals surface area contributed by atoms with Crippen molar-refractivity contribution in [3.8, 4) is 0 Å². The van der Waals surface area contributed by atoms with Crippen LogP contribution in [0.3, 0.4) is 0 Å². The van der Waals surface area contributed by atoms with Crippen LogP contribution in [0, 0.1) is 0 Å². The highest BCUT2D eigenvalue weighted by atomic mass is 35.5. The Morgan fingerprint density at radius 2 is 2.09 bits per heavy atom. The molecular formula is C15H15Cl3N2S2. The number of nitrogens with zero attached hydrogens (tertiary/aromatic N) is 1. The molecule has 7 heteroatoms. The van der Waals surface area contributed by atoms with Gasteiger partial charge in [0.25, 0.3) is 0 Å². The Labute approximate surface area is 154 Å². The van der Waals surface area contributed by atoms with Crippen molar-refractivity contribution in [1.82, 2.24) is 5.32 Å². The summed E-state index contributed by atoms with van der Waals surface area (Å²) >= 11 is 15.4. The fraction of sp³-hybridized carbons (Fsp3) is 0.267. The van der Waals surface area contributed by atoms with Crippen LogP contribution in [-0.4, -0.2) is 18.9 Å². The molecule has 0 unspecified atom stereocenters. The molecule has 0 spiro atoms. The van der Waals surface area contributed by atoms with Crippen molar-refractivity contribution in [3.63, 3.8) is 0 Å². The molecule has 2 heterocycles. The fourth-order valence-corrected chi connectivity index (χ4v) is 4.82. The average Bonchev–Trinajstić information content (AvgIpc) is 2.84. The van der Waals surface area contributed by atoms with Gasteiger partial charge in [0.05, 0.1) is 8.67 Å². The average molecular weight is 394 g/mol. The summed E-state index contributed by atoms with van der Waals surface area (Å²) in [6.07, 6.45) is 1.10. The number of amidine groups is 1. The molecule has 2 nitrogen and oxygen atoms in total. The highest BCUT2D eigenvalue weighted by molar-refractivity contribution is 7.98. The molecule has 22 heavy (non-hydrogen) atoms. The molecule has 1 aromatic heterocycles. The summed E-state index contributed by atoms with van der Waals surface area (Å²) in [6, 6.07) is 10.3. The van der Waals surface area contributed by atoms with Crippen molar-refractivity contribution in [2.45, 2.75) is 17.1 Å². The second kappa shape index (κ2) is 8.46. The number of thiophene rings is 1. The Kier molecular flexibility index (Phi) is 6.90. The summed E-state index contributed by atoms with van der Waals surface area (Å²) in [5, 5.41) is 3.38. The van der Waals surface area contributed by atoms with E-state index in [1.54, 1.807) is 11.8 Å². The van der Waals surface area contributed by atoms with Crippen LogP contribution in [-0.2, 0) is 5.75 Å². The molecule has 3 rings (SSSR count). The Hall–Kier alpha value is -0.390. The second-order valence-electron chi connectivity index (χ2n) is 4.64. The maximum atomic E-state index is 6.18. The third-order valence-electron chi connectivity index (χ3n) is 3.15. The molecule has 1 N–H and O–H groups in total. The molecule has 0 amide bonds. The van der Waals surface area contributed by atoms with Gasteiger partial charge < -0.3 is 5.32 Å². The number of aliphatic imine (C=N–C) groups is 1. The highest BCUT2D eigenvalue weighted by Crippen LogP contribution is 2.36. The Bertz CT molecular complexity index is 671. The summed E-state index contributed by atoms with van der Waals surface area (Å²) in [6.45, 7) is 1.89. The second-order valence-corrected chi connectivity index (χ2v) is 7.95. The van der Waals surface area contributed by atoms with Crippen LogP contribution in [0.2, 0.25) is 8.67 Å². The highest BCUT2D eigenvalue weighted by Gasteiger charge is 2.13. The van der Waals surface area contributed by atoms with Crippen LogP contribution in [0.4, 0.5) is 0 Å². The fourth-order valence-electron chi connectivity index (χ4n) is 2.13. The zero-order valence-electron chi connectivity index (χ0n) is 11.6. The quantitative estimate of drug-likeness (QED) is 0.693. The summed E-state index contributed by atoms with van der Waals surface area (Å²) in [5.74, 6) is 1.81. The Balaban J connectivity index is 0.00000176. The van der Waals surface area contributed by atoms with Crippen LogP contribution >= 0.6 is 58.7 Å². The van der Waals surface area contributed by atoms with Gasteiger partial charge in [0.2, 0.25) is 0 Å². The lowest BCUT2D eigenvalue weighted by Crippen LogP contribution is -2.30. The van der Waals surface area contributed by atoms with E-state index in [0.29, 0.717) is 0 Å². The van der Waals surface area contributed by atoms with Crippen molar-refractivity contribution in [2.24, 2.45) is 4.99 Å². The summed E-state index contributed by atoms with van der Waals surface area (Å²) < 4.78 is 1.51. The topological polar surface area (TPSA) is 24.4 Å². The molecule has 0 saturated carbocycles. The zero-order chi connectivity index (χ0) is 14.7. The first-order valence-electron chi connectivity index (χ1n) is 6.68. The van der Waals surface area contributed by atoms with Crippen LogP contribution in [0.25, 0.3) is 0 Å². The van der Waals surface area contributed by atoms with Gasteiger partial charge in [0.1, 0.15) is 5.84 Å². The van der Waals surface area contributed by atoms with Gasteiger partial charge in [-0.1, -0.05) is 41.4 Å². The lowest BCUT2D eigenvalue weighted by molar-refractivity contribution is 0.741. The number of rotatable bonds is 4. The first kappa shape index (κ1) is 18.0. The molecule has 0 bridgehead atoms. The van der Waals surface area contributed by atoms with Gasteiger partial charge in [0, 0.05) is 29.3 Å². The van der Waals surface area contributed by atoms with E-state index in [4.69, 9.17) is 23.2 Å². The maximum absolute atomic E-state index is 6.18. The van der Waals surface area contributed by atoms with E-state index in [2.05, 4.69) is 28.5 Å². The smallest absolute Gasteiger partial charge is 0.129 e. The van der Waals surface area contributed by atoms with Gasteiger partial charge in [-0.05, 0) is 24.1 Å². The molecular weight excluding hydrogens is 379 g/mol. The molecule has 0 saturated heterocycles. The molecule has 1 aromatic carbocycles. The number of hydrogen-bond acceptors (Lipinski definition) is 4. The molecule has 0 radical (unpaired) electrons. The maximum Gasteiger partial charge on any atom is 0.129 e. The van der Waals surface area contributed by atoms with Crippen LogP contribution in [0.1, 0.15) is 17.5 Å². The SMILES string of the molecule is Cl.Clc1cc(CSc2ccccc2C2=NCCCN2)c(Cl)s1. The molecule has 2 aromatic rings. The standard InChI is InChI=1S/C15H14Cl2N2S2.ClH/c16-13-8-10(14(17)21-13)9-20-12-5-2-1-4-11(12)15-18-6-3-7-19-15;/h1-2,4-5,8H,3,6-7,9H2,(H,18,19);1H. The van der Waals surface area contributed by atoms with Crippen LogP contribution in [0.15, 0.2) is 40.2 Å². The summed E-state index contributed by atoms with van der Waals surface area (Å²) in [5.41, 5.74) is 2.25. The lowest BCUT2D eigenvalue weighted by Gasteiger charge is -2.17. The van der Waals surface area contributed by atoms with Gasteiger partial charge in [-0.25, -0.2) is 0 Å². The molecule has 0 atom stereocenters. The number of hydrogen-bond donors (Lipinski definition) is 1. The molecule has 118 valence electrons. The number of thioether (sulfide) groups is 1. The molecule has 0 aliphatic carbocycles. The first-order valence-corrected chi connectivity index (χ1v) is 9.24.